The molecule has 0 saturated heterocycles. The normalized spacial score (nSPS) is 10.1. The Morgan fingerprint density at radius 3 is 2.32 bits per heavy atom. The molecule has 2 aromatic rings. The molecule has 0 N–H and O–H groups in total. The summed E-state index contributed by atoms with van der Waals surface area (Å²) in [5, 5.41) is 10.5. The zero-order chi connectivity index (χ0) is 13.8. The van der Waals surface area contributed by atoms with Crippen molar-refractivity contribution in [1.29, 1.82) is 0 Å². The maximum Gasteiger partial charge on any atom is 0.269 e. The molecular weight excluding hydrogens is 250 g/mol. The lowest BCUT2D eigenvalue weighted by molar-refractivity contribution is -0.384. The zero-order valence-corrected chi connectivity index (χ0v) is 9.74. The first kappa shape index (κ1) is 12.7. The summed E-state index contributed by atoms with van der Waals surface area (Å²) in [6.07, 6.45) is 1.02. The molecule has 96 valence electrons. The summed E-state index contributed by atoms with van der Waals surface area (Å²) < 4.78 is 4.89. The largest absolute Gasteiger partial charge is 0.461 e. The number of carbonyl (C=O) groups is 2. The van der Waals surface area contributed by atoms with Crippen LogP contribution in [0.2, 0.25) is 0 Å². The molecule has 0 atom stereocenters. The number of hydrogen-bond donors (Lipinski definition) is 0. The number of nitro groups is 1. The third-order valence-electron chi connectivity index (χ3n) is 2.52. The van der Waals surface area contributed by atoms with Crippen molar-refractivity contribution < 1.29 is 18.9 Å². The maximum atomic E-state index is 11.8. The fourth-order valence-electron chi connectivity index (χ4n) is 1.54. The summed E-state index contributed by atoms with van der Waals surface area (Å²) in [7, 11) is 0. The highest BCUT2D eigenvalue weighted by molar-refractivity contribution is 6.12. The molecule has 6 nitrogen and oxygen atoms in total. The number of benzene rings is 1. The van der Waals surface area contributed by atoms with Crippen LogP contribution in [0.25, 0.3) is 0 Å². The Morgan fingerprint density at radius 2 is 1.79 bits per heavy atom. The summed E-state index contributed by atoms with van der Waals surface area (Å²) in [6.45, 7) is 0. The van der Waals surface area contributed by atoms with Crippen molar-refractivity contribution in [1.82, 2.24) is 0 Å². The second-order valence-corrected chi connectivity index (χ2v) is 3.80. The number of carbonyl (C=O) groups excluding carboxylic acids is 2. The van der Waals surface area contributed by atoms with E-state index < -0.39 is 16.5 Å². The molecule has 6 heteroatoms. The van der Waals surface area contributed by atoms with Gasteiger partial charge in [-0.25, -0.2) is 0 Å². The monoisotopic (exact) mass is 259 g/mol. The van der Waals surface area contributed by atoms with Gasteiger partial charge in [-0.1, -0.05) is 0 Å². The van der Waals surface area contributed by atoms with Gasteiger partial charge < -0.3 is 4.42 Å². The number of ketones is 2. The Labute approximate surface area is 107 Å². The van der Waals surface area contributed by atoms with Crippen molar-refractivity contribution >= 4 is 17.3 Å². The molecule has 0 radical (unpaired) electrons. The van der Waals surface area contributed by atoms with Crippen molar-refractivity contribution in [3.8, 4) is 0 Å². The Kier molecular flexibility index (Phi) is 3.51. The lowest BCUT2D eigenvalue weighted by Crippen LogP contribution is -2.07. The summed E-state index contributed by atoms with van der Waals surface area (Å²) in [5.41, 5.74) is 0.152. The fraction of sp³-hybridized carbons (Fsp3) is 0.0769. The van der Waals surface area contributed by atoms with E-state index >= 15 is 0 Å². The highest BCUT2D eigenvalue weighted by Gasteiger charge is 2.16. The van der Waals surface area contributed by atoms with E-state index in [0.717, 1.165) is 0 Å². The minimum atomic E-state index is -0.553. The molecule has 0 bridgehead atoms. The SMILES string of the molecule is O=C(CC(=O)c1ccco1)c1ccc([N+](=O)[O-])cc1. The second kappa shape index (κ2) is 5.26. The van der Waals surface area contributed by atoms with E-state index in [4.69, 9.17) is 4.42 Å². The molecule has 2 rings (SSSR count). The number of non-ortho nitro benzene ring substituents is 1. The third kappa shape index (κ3) is 2.92. The van der Waals surface area contributed by atoms with E-state index in [1.54, 1.807) is 6.07 Å². The molecule has 0 unspecified atom stereocenters. The van der Waals surface area contributed by atoms with E-state index in [0.29, 0.717) is 0 Å². The quantitative estimate of drug-likeness (QED) is 0.356. The van der Waals surface area contributed by atoms with Gasteiger partial charge in [-0.15, -0.1) is 0 Å². The first-order chi connectivity index (χ1) is 9.08. The van der Waals surface area contributed by atoms with Gasteiger partial charge in [-0.2, -0.15) is 0 Å². The lowest BCUT2D eigenvalue weighted by atomic mass is 10.0. The van der Waals surface area contributed by atoms with Crippen molar-refractivity contribution in [3.05, 3.63) is 64.1 Å². The van der Waals surface area contributed by atoms with E-state index in [9.17, 15) is 19.7 Å². The van der Waals surface area contributed by atoms with Gasteiger partial charge in [0, 0.05) is 17.7 Å². The van der Waals surface area contributed by atoms with E-state index in [-0.39, 0.29) is 23.4 Å². The zero-order valence-electron chi connectivity index (χ0n) is 9.74. The maximum absolute atomic E-state index is 11.8. The van der Waals surface area contributed by atoms with Gasteiger partial charge in [0.25, 0.3) is 5.69 Å². The third-order valence-corrected chi connectivity index (χ3v) is 2.52. The van der Waals surface area contributed by atoms with E-state index in [1.807, 2.05) is 0 Å². The predicted molar refractivity (Wildman–Crippen MR) is 65.1 cm³/mol. The fourth-order valence-corrected chi connectivity index (χ4v) is 1.54. The molecule has 0 aliphatic carbocycles. The molecule has 0 spiro atoms. The minimum absolute atomic E-state index is 0.103. The van der Waals surface area contributed by atoms with Crippen LogP contribution in [0, 0.1) is 10.1 Å². The molecule has 1 aromatic carbocycles. The summed E-state index contributed by atoms with van der Waals surface area (Å²) in [6, 6.07) is 8.15. The van der Waals surface area contributed by atoms with Crippen molar-refractivity contribution in [2.24, 2.45) is 0 Å². The summed E-state index contributed by atoms with van der Waals surface area (Å²) in [4.78, 5) is 33.4. The lowest BCUT2D eigenvalue weighted by Gasteiger charge is -1.99. The van der Waals surface area contributed by atoms with E-state index in [2.05, 4.69) is 0 Å². The van der Waals surface area contributed by atoms with Crippen molar-refractivity contribution in [2.45, 2.75) is 6.42 Å². The molecule has 1 aromatic heterocycles. The number of nitrogens with zero attached hydrogens (tertiary/aromatic N) is 1. The van der Waals surface area contributed by atoms with Crippen LogP contribution in [0.4, 0.5) is 5.69 Å². The molecular formula is C13H9NO5. The van der Waals surface area contributed by atoms with Crippen LogP contribution in [0.5, 0.6) is 0 Å². The number of furan rings is 1. The highest BCUT2D eigenvalue weighted by Crippen LogP contribution is 2.14. The first-order valence-corrected chi connectivity index (χ1v) is 5.42. The van der Waals surface area contributed by atoms with Gasteiger partial charge in [-0.3, -0.25) is 19.7 Å². The number of hydrogen-bond acceptors (Lipinski definition) is 5. The van der Waals surface area contributed by atoms with Crippen LogP contribution in [0.1, 0.15) is 27.3 Å². The topological polar surface area (TPSA) is 90.4 Å². The average Bonchev–Trinajstić information content (AvgIpc) is 2.92. The van der Waals surface area contributed by atoms with Crippen LogP contribution in [0.3, 0.4) is 0 Å². The molecule has 1 heterocycles. The molecule has 0 aliphatic heterocycles. The Morgan fingerprint density at radius 1 is 1.11 bits per heavy atom. The van der Waals surface area contributed by atoms with Gasteiger partial charge >= 0.3 is 0 Å². The number of nitro benzene ring substituents is 1. The predicted octanol–water partition coefficient (Wildman–Crippen LogP) is 2.64. The average molecular weight is 259 g/mol. The smallest absolute Gasteiger partial charge is 0.269 e. The molecule has 19 heavy (non-hydrogen) atoms. The summed E-state index contributed by atoms with van der Waals surface area (Å²) in [5.74, 6) is -0.708. The highest BCUT2D eigenvalue weighted by atomic mass is 16.6. The molecule has 0 amide bonds. The minimum Gasteiger partial charge on any atom is -0.461 e. The van der Waals surface area contributed by atoms with Gasteiger partial charge in [0.1, 0.15) is 0 Å². The van der Waals surface area contributed by atoms with E-state index in [1.165, 1.54) is 36.6 Å². The number of rotatable bonds is 5. The van der Waals surface area contributed by atoms with Crippen molar-refractivity contribution in [3.63, 3.8) is 0 Å². The van der Waals surface area contributed by atoms with Crippen LogP contribution in [0.15, 0.2) is 47.1 Å². The molecule has 0 saturated carbocycles. The molecule has 0 aliphatic rings. The Balaban J connectivity index is 2.08. The Bertz CT molecular complexity index is 613. The van der Waals surface area contributed by atoms with Gasteiger partial charge in [0.15, 0.2) is 11.5 Å². The molecule has 0 fully saturated rings. The van der Waals surface area contributed by atoms with Crippen LogP contribution in [-0.4, -0.2) is 16.5 Å². The summed E-state index contributed by atoms with van der Waals surface area (Å²) >= 11 is 0. The van der Waals surface area contributed by atoms with Crippen LogP contribution in [-0.2, 0) is 0 Å². The van der Waals surface area contributed by atoms with Crippen LogP contribution >= 0.6 is 0 Å². The van der Waals surface area contributed by atoms with Crippen LogP contribution < -0.4 is 0 Å². The number of Topliss-reactive ketones (excluding diaryl/α,β-unsaturated/α-hetero) is 2. The standard InChI is InChI=1S/C13H9NO5/c15-11(8-12(16)13-2-1-7-19-13)9-3-5-10(6-4-9)14(17)18/h1-7H,8H2. The van der Waals surface area contributed by atoms with Gasteiger partial charge in [-0.05, 0) is 24.3 Å². The van der Waals surface area contributed by atoms with Gasteiger partial charge in [0.05, 0.1) is 17.6 Å². The van der Waals surface area contributed by atoms with Gasteiger partial charge in [0.2, 0.25) is 5.78 Å². The first-order valence-electron chi connectivity index (χ1n) is 5.42. The van der Waals surface area contributed by atoms with Crippen molar-refractivity contribution in [2.75, 3.05) is 0 Å². The second-order valence-electron chi connectivity index (χ2n) is 3.80. The Hall–Kier alpha value is -2.76.